The van der Waals surface area contributed by atoms with E-state index in [9.17, 15) is 0 Å². The average molecular weight is 151 g/mol. The second kappa shape index (κ2) is 1.66. The first-order chi connectivity index (χ1) is 5.19. The predicted octanol–water partition coefficient (Wildman–Crippen LogP) is 1.77. The molecule has 0 spiro atoms. The van der Waals surface area contributed by atoms with Crippen molar-refractivity contribution in [2.75, 3.05) is 0 Å². The van der Waals surface area contributed by atoms with Crippen molar-refractivity contribution < 1.29 is 0 Å². The minimum Gasteiger partial charge on any atom is -0.328 e. The Labute approximate surface area is 68.3 Å². The van der Waals surface area contributed by atoms with Crippen LogP contribution in [0.15, 0.2) is 0 Å². The van der Waals surface area contributed by atoms with Crippen LogP contribution in [-0.4, -0.2) is 6.04 Å². The first-order valence-corrected chi connectivity index (χ1v) is 4.95. The predicted molar refractivity (Wildman–Crippen MR) is 45.0 cm³/mol. The van der Waals surface area contributed by atoms with Gasteiger partial charge in [0, 0.05) is 6.04 Å². The summed E-state index contributed by atoms with van der Waals surface area (Å²) in [7, 11) is 0. The monoisotopic (exact) mass is 151 g/mol. The van der Waals surface area contributed by atoms with E-state index in [1.165, 1.54) is 25.7 Å². The smallest absolute Gasteiger partial charge is 0.00443 e. The summed E-state index contributed by atoms with van der Waals surface area (Å²) in [6.45, 7) is 2.47. The molecule has 0 amide bonds. The van der Waals surface area contributed by atoms with Crippen molar-refractivity contribution in [2.45, 2.75) is 38.6 Å². The van der Waals surface area contributed by atoms with Gasteiger partial charge < -0.3 is 5.73 Å². The molecular weight excluding hydrogens is 134 g/mol. The van der Waals surface area contributed by atoms with Crippen LogP contribution in [0.4, 0.5) is 0 Å². The fourth-order valence-electron chi connectivity index (χ4n) is 4.34. The largest absolute Gasteiger partial charge is 0.328 e. The third-order valence-electron chi connectivity index (χ3n) is 4.49. The van der Waals surface area contributed by atoms with Gasteiger partial charge in [0.2, 0.25) is 0 Å². The van der Waals surface area contributed by atoms with Crippen molar-refractivity contribution in [3.63, 3.8) is 0 Å². The summed E-state index contributed by atoms with van der Waals surface area (Å²) in [4.78, 5) is 0. The van der Waals surface area contributed by atoms with Crippen molar-refractivity contribution in [1.29, 1.82) is 0 Å². The number of nitrogens with two attached hydrogens (primary N) is 1. The van der Waals surface area contributed by atoms with Crippen molar-refractivity contribution in [3.8, 4) is 0 Å². The second-order valence-electron chi connectivity index (χ2n) is 5.34. The standard InChI is InChI=1S/C10H17N/c1-10-4-6-2-8(11)3-7(5-10)9(6)10/h6-9H,2-5,11H2,1H3. The van der Waals surface area contributed by atoms with Crippen molar-refractivity contribution in [1.82, 2.24) is 0 Å². The van der Waals surface area contributed by atoms with Crippen LogP contribution in [0.2, 0.25) is 0 Å². The third kappa shape index (κ3) is 0.618. The fourth-order valence-corrected chi connectivity index (χ4v) is 4.34. The van der Waals surface area contributed by atoms with E-state index in [2.05, 4.69) is 6.92 Å². The zero-order valence-electron chi connectivity index (χ0n) is 7.22. The van der Waals surface area contributed by atoms with Crippen LogP contribution < -0.4 is 5.73 Å². The van der Waals surface area contributed by atoms with Gasteiger partial charge in [0.05, 0.1) is 0 Å². The number of hydrogen-bond donors (Lipinski definition) is 1. The van der Waals surface area contributed by atoms with Crippen LogP contribution in [0, 0.1) is 23.2 Å². The van der Waals surface area contributed by atoms with Gasteiger partial charge in [-0.15, -0.1) is 0 Å². The van der Waals surface area contributed by atoms with Gasteiger partial charge in [-0.1, -0.05) is 6.92 Å². The third-order valence-corrected chi connectivity index (χ3v) is 4.49. The molecule has 11 heavy (non-hydrogen) atoms. The first-order valence-electron chi connectivity index (χ1n) is 4.95. The van der Waals surface area contributed by atoms with Crippen LogP contribution in [0.1, 0.15) is 32.6 Å². The van der Waals surface area contributed by atoms with E-state index in [1.54, 1.807) is 0 Å². The highest BCUT2D eigenvalue weighted by Gasteiger charge is 2.63. The van der Waals surface area contributed by atoms with E-state index >= 15 is 0 Å². The summed E-state index contributed by atoms with van der Waals surface area (Å²) in [6, 6.07) is 0.547. The van der Waals surface area contributed by atoms with Gasteiger partial charge in [-0.25, -0.2) is 0 Å². The molecule has 3 aliphatic carbocycles. The van der Waals surface area contributed by atoms with E-state index < -0.39 is 0 Å². The Morgan fingerprint density at radius 3 is 2.18 bits per heavy atom. The Morgan fingerprint density at radius 2 is 1.73 bits per heavy atom. The molecule has 3 saturated carbocycles. The maximum Gasteiger partial charge on any atom is 0.00443 e. The summed E-state index contributed by atoms with van der Waals surface area (Å²) in [5.74, 6) is 3.16. The highest BCUT2D eigenvalue weighted by Crippen LogP contribution is 2.70. The highest BCUT2D eigenvalue weighted by atomic mass is 14.7. The molecule has 0 radical (unpaired) electrons. The molecule has 1 nitrogen and oxygen atoms in total. The van der Waals surface area contributed by atoms with Gasteiger partial charge >= 0.3 is 0 Å². The Balaban J connectivity index is 1.82. The van der Waals surface area contributed by atoms with Crippen LogP contribution in [0.25, 0.3) is 0 Å². The maximum absolute atomic E-state index is 5.98. The first kappa shape index (κ1) is 6.47. The van der Waals surface area contributed by atoms with E-state index in [-0.39, 0.29) is 0 Å². The van der Waals surface area contributed by atoms with Gasteiger partial charge in [0.25, 0.3) is 0 Å². The summed E-state index contributed by atoms with van der Waals surface area (Å²) in [5.41, 5.74) is 6.77. The Hall–Kier alpha value is -0.0400. The summed E-state index contributed by atoms with van der Waals surface area (Å²) >= 11 is 0. The molecule has 0 saturated heterocycles. The molecule has 3 aliphatic rings. The lowest BCUT2D eigenvalue weighted by Gasteiger charge is -2.70. The zero-order valence-corrected chi connectivity index (χ0v) is 7.22. The number of hydrogen-bond acceptors (Lipinski definition) is 1. The van der Waals surface area contributed by atoms with Gasteiger partial charge in [-0.05, 0) is 48.9 Å². The summed E-state index contributed by atoms with van der Waals surface area (Å²) in [5, 5.41) is 0. The van der Waals surface area contributed by atoms with Crippen LogP contribution in [-0.2, 0) is 0 Å². The van der Waals surface area contributed by atoms with Crippen molar-refractivity contribution >= 4 is 0 Å². The molecule has 1 heteroatoms. The fraction of sp³-hybridized carbons (Fsp3) is 1.00. The molecule has 0 aromatic heterocycles. The molecule has 2 unspecified atom stereocenters. The topological polar surface area (TPSA) is 26.0 Å². The van der Waals surface area contributed by atoms with Gasteiger partial charge in [-0.3, -0.25) is 0 Å². The summed E-state index contributed by atoms with van der Waals surface area (Å²) in [6.07, 6.45) is 5.64. The zero-order chi connectivity index (χ0) is 7.64. The Kier molecular flexibility index (Phi) is 0.976. The van der Waals surface area contributed by atoms with E-state index in [4.69, 9.17) is 5.73 Å². The maximum atomic E-state index is 5.98. The number of rotatable bonds is 0. The van der Waals surface area contributed by atoms with E-state index in [1.807, 2.05) is 0 Å². The molecule has 0 aliphatic heterocycles. The molecule has 0 heterocycles. The molecule has 62 valence electrons. The van der Waals surface area contributed by atoms with Gasteiger partial charge in [0.1, 0.15) is 0 Å². The van der Waals surface area contributed by atoms with Crippen LogP contribution >= 0.6 is 0 Å². The molecule has 3 fully saturated rings. The molecule has 3 rings (SSSR count). The lowest BCUT2D eigenvalue weighted by atomic mass is 9.36. The lowest BCUT2D eigenvalue weighted by Crippen LogP contribution is -2.64. The average Bonchev–Trinajstić information content (AvgIpc) is 1.81. The SMILES string of the molecule is CC12CC3CC(N)CC(C1)C32. The normalized spacial score (nSPS) is 66.0. The Bertz CT molecular complexity index is 179. The molecule has 0 bridgehead atoms. The van der Waals surface area contributed by atoms with Crippen LogP contribution in [0.3, 0.4) is 0 Å². The van der Waals surface area contributed by atoms with Crippen LogP contribution in [0.5, 0.6) is 0 Å². The Morgan fingerprint density at radius 1 is 1.18 bits per heavy atom. The van der Waals surface area contributed by atoms with Crippen molar-refractivity contribution in [2.24, 2.45) is 28.9 Å². The quantitative estimate of drug-likeness (QED) is 0.561. The van der Waals surface area contributed by atoms with Gasteiger partial charge in [0.15, 0.2) is 0 Å². The van der Waals surface area contributed by atoms with E-state index in [0.29, 0.717) is 6.04 Å². The second-order valence-corrected chi connectivity index (χ2v) is 5.34. The lowest BCUT2D eigenvalue weighted by molar-refractivity contribution is -0.199. The highest BCUT2D eigenvalue weighted by molar-refractivity contribution is 5.13. The molecule has 0 aromatic carbocycles. The molecule has 2 atom stereocenters. The minimum absolute atomic E-state index is 0.547. The molecular formula is C10H17N. The molecule has 2 N–H and O–H groups in total. The molecule has 0 aromatic rings. The van der Waals surface area contributed by atoms with Crippen molar-refractivity contribution in [3.05, 3.63) is 0 Å². The van der Waals surface area contributed by atoms with Gasteiger partial charge in [-0.2, -0.15) is 0 Å². The van der Waals surface area contributed by atoms with E-state index in [0.717, 1.165) is 23.2 Å². The minimum atomic E-state index is 0.547. The summed E-state index contributed by atoms with van der Waals surface area (Å²) < 4.78 is 0.